The number of carbonyl (C=O) groups is 1. The zero-order valence-corrected chi connectivity index (χ0v) is 16.6. The fourth-order valence-corrected chi connectivity index (χ4v) is 3.31. The predicted octanol–water partition coefficient (Wildman–Crippen LogP) is 3.27. The number of ether oxygens (including phenoxy) is 2. The normalized spacial score (nSPS) is 11.0. The number of nitrogens with zero attached hydrogens (tertiary/aromatic N) is 4. The highest BCUT2D eigenvalue weighted by molar-refractivity contribution is 5.79. The van der Waals surface area contributed by atoms with Crippen LogP contribution in [0, 0.1) is 0 Å². The summed E-state index contributed by atoms with van der Waals surface area (Å²) in [6.07, 6.45) is 2.09. The van der Waals surface area contributed by atoms with Crippen molar-refractivity contribution in [2.45, 2.75) is 13.0 Å². The van der Waals surface area contributed by atoms with Gasteiger partial charge in [0.1, 0.15) is 12.4 Å². The third-order valence-corrected chi connectivity index (χ3v) is 4.77. The second kappa shape index (κ2) is 7.79. The first-order valence-electron chi connectivity index (χ1n) is 9.27. The molecule has 0 aliphatic carbocycles. The minimum atomic E-state index is -0.300. The standard InChI is InChI=1S/C22H22N4O3/c1-25-13-16-10-15(8-9-19(16)23-25)14-29-22(27)12-17-11-20(24-26(17)2)18-6-4-5-7-21(18)28-3/h4-11,13H,12,14H2,1-3H3. The largest absolute Gasteiger partial charge is 0.496 e. The number of rotatable bonds is 6. The van der Waals surface area contributed by atoms with E-state index in [1.807, 2.05) is 68.8 Å². The Morgan fingerprint density at radius 3 is 2.72 bits per heavy atom. The third-order valence-electron chi connectivity index (χ3n) is 4.77. The van der Waals surface area contributed by atoms with Crippen molar-refractivity contribution in [3.8, 4) is 17.0 Å². The molecule has 0 saturated heterocycles. The van der Waals surface area contributed by atoms with Gasteiger partial charge in [-0.3, -0.25) is 14.2 Å². The molecule has 2 heterocycles. The van der Waals surface area contributed by atoms with Crippen molar-refractivity contribution in [3.63, 3.8) is 0 Å². The van der Waals surface area contributed by atoms with Gasteiger partial charge in [0, 0.05) is 36.9 Å². The van der Waals surface area contributed by atoms with Gasteiger partial charge in [0.15, 0.2) is 0 Å². The Balaban J connectivity index is 1.43. The monoisotopic (exact) mass is 390 g/mol. The van der Waals surface area contributed by atoms with Gasteiger partial charge < -0.3 is 9.47 Å². The van der Waals surface area contributed by atoms with Gasteiger partial charge in [-0.15, -0.1) is 0 Å². The molecule has 0 unspecified atom stereocenters. The molecule has 0 aliphatic rings. The van der Waals surface area contributed by atoms with Gasteiger partial charge in [0.25, 0.3) is 0 Å². The Labute approximate surface area is 168 Å². The van der Waals surface area contributed by atoms with Gasteiger partial charge in [-0.2, -0.15) is 10.2 Å². The summed E-state index contributed by atoms with van der Waals surface area (Å²) in [4.78, 5) is 12.4. The molecule has 7 nitrogen and oxygen atoms in total. The van der Waals surface area contributed by atoms with E-state index in [4.69, 9.17) is 9.47 Å². The number of fused-ring (bicyclic) bond motifs is 1. The van der Waals surface area contributed by atoms with Crippen LogP contribution < -0.4 is 4.74 Å². The molecule has 4 aromatic rings. The van der Waals surface area contributed by atoms with Crippen LogP contribution >= 0.6 is 0 Å². The number of para-hydroxylation sites is 1. The van der Waals surface area contributed by atoms with E-state index in [0.29, 0.717) is 0 Å². The number of aryl methyl sites for hydroxylation is 2. The zero-order valence-electron chi connectivity index (χ0n) is 16.6. The molecule has 0 atom stereocenters. The molecule has 4 rings (SSSR count). The Hall–Kier alpha value is -3.61. The quantitative estimate of drug-likeness (QED) is 0.473. The van der Waals surface area contributed by atoms with Crippen molar-refractivity contribution in [1.82, 2.24) is 19.6 Å². The molecule has 0 radical (unpaired) electrons. The van der Waals surface area contributed by atoms with E-state index >= 15 is 0 Å². The molecule has 0 spiro atoms. The van der Waals surface area contributed by atoms with Crippen molar-refractivity contribution >= 4 is 16.9 Å². The summed E-state index contributed by atoms with van der Waals surface area (Å²) in [5, 5.41) is 9.88. The van der Waals surface area contributed by atoms with Gasteiger partial charge in [-0.25, -0.2) is 0 Å². The van der Waals surface area contributed by atoms with E-state index in [1.54, 1.807) is 16.5 Å². The first-order chi connectivity index (χ1) is 14.0. The van der Waals surface area contributed by atoms with Crippen molar-refractivity contribution < 1.29 is 14.3 Å². The fraction of sp³-hybridized carbons (Fsp3) is 0.227. The van der Waals surface area contributed by atoms with Crippen LogP contribution in [0.5, 0.6) is 5.75 Å². The maximum Gasteiger partial charge on any atom is 0.312 e. The number of methoxy groups -OCH3 is 1. The number of carbonyl (C=O) groups excluding carboxylic acids is 1. The zero-order chi connectivity index (χ0) is 20.4. The maximum atomic E-state index is 12.4. The van der Waals surface area contributed by atoms with Crippen molar-refractivity contribution in [1.29, 1.82) is 0 Å². The lowest BCUT2D eigenvalue weighted by molar-refractivity contribution is -0.144. The summed E-state index contributed by atoms with van der Waals surface area (Å²) in [7, 11) is 5.33. The van der Waals surface area contributed by atoms with Gasteiger partial charge in [0.05, 0.1) is 24.7 Å². The second-order valence-corrected chi connectivity index (χ2v) is 6.88. The first kappa shape index (κ1) is 18.7. The van der Waals surface area contributed by atoms with Crippen LogP contribution in [0.15, 0.2) is 54.7 Å². The molecule has 29 heavy (non-hydrogen) atoms. The van der Waals surface area contributed by atoms with E-state index in [2.05, 4.69) is 10.2 Å². The van der Waals surface area contributed by atoms with Crippen LogP contribution in [0.4, 0.5) is 0 Å². The van der Waals surface area contributed by atoms with E-state index < -0.39 is 0 Å². The molecular weight excluding hydrogens is 368 g/mol. The van der Waals surface area contributed by atoms with E-state index in [9.17, 15) is 4.79 Å². The molecule has 0 saturated carbocycles. The Morgan fingerprint density at radius 2 is 1.90 bits per heavy atom. The summed E-state index contributed by atoms with van der Waals surface area (Å²) in [6.45, 7) is 0.223. The summed E-state index contributed by atoms with van der Waals surface area (Å²) < 4.78 is 14.3. The Bertz CT molecular complexity index is 1180. The minimum absolute atomic E-state index is 0.147. The molecular formula is C22H22N4O3. The highest BCUT2D eigenvalue weighted by Crippen LogP contribution is 2.29. The van der Waals surface area contributed by atoms with E-state index in [1.165, 1.54) is 0 Å². The van der Waals surface area contributed by atoms with Crippen LogP contribution in [0.2, 0.25) is 0 Å². The van der Waals surface area contributed by atoms with E-state index in [0.717, 1.165) is 39.2 Å². The van der Waals surface area contributed by atoms with E-state index in [-0.39, 0.29) is 19.0 Å². The SMILES string of the molecule is COc1ccccc1-c1cc(CC(=O)OCc2ccc3nn(C)cc3c2)n(C)n1. The van der Waals surface area contributed by atoms with Crippen LogP contribution in [0.25, 0.3) is 22.2 Å². The second-order valence-electron chi connectivity index (χ2n) is 6.88. The predicted molar refractivity (Wildman–Crippen MR) is 109 cm³/mol. The molecule has 0 fully saturated rings. The number of hydrogen-bond donors (Lipinski definition) is 0. The average Bonchev–Trinajstić information content (AvgIpc) is 3.27. The number of esters is 1. The summed E-state index contributed by atoms with van der Waals surface area (Å²) in [5.41, 5.74) is 4.27. The highest BCUT2D eigenvalue weighted by Gasteiger charge is 2.15. The van der Waals surface area contributed by atoms with Gasteiger partial charge in [-0.1, -0.05) is 18.2 Å². The Morgan fingerprint density at radius 1 is 1.07 bits per heavy atom. The van der Waals surface area contributed by atoms with Crippen LogP contribution in [0.3, 0.4) is 0 Å². The van der Waals surface area contributed by atoms with Gasteiger partial charge in [-0.05, 0) is 35.9 Å². The molecule has 0 N–H and O–H groups in total. The summed E-state index contributed by atoms with van der Waals surface area (Å²) in [5.74, 6) is 0.441. The van der Waals surface area contributed by atoms with Crippen LogP contribution in [-0.4, -0.2) is 32.6 Å². The average molecular weight is 390 g/mol. The summed E-state index contributed by atoms with van der Waals surface area (Å²) in [6, 6.07) is 15.4. The van der Waals surface area contributed by atoms with Crippen molar-refractivity contribution in [2.75, 3.05) is 7.11 Å². The lowest BCUT2D eigenvalue weighted by Gasteiger charge is -2.05. The first-order valence-corrected chi connectivity index (χ1v) is 9.27. The Kier molecular flexibility index (Phi) is 5.03. The molecule has 2 aromatic carbocycles. The maximum absolute atomic E-state index is 12.4. The smallest absolute Gasteiger partial charge is 0.312 e. The molecule has 148 valence electrons. The van der Waals surface area contributed by atoms with Gasteiger partial charge in [0.2, 0.25) is 0 Å². The lowest BCUT2D eigenvalue weighted by atomic mass is 10.1. The van der Waals surface area contributed by atoms with Crippen LogP contribution in [-0.2, 0) is 36.7 Å². The molecule has 0 bridgehead atoms. The number of hydrogen-bond acceptors (Lipinski definition) is 5. The number of benzene rings is 2. The highest BCUT2D eigenvalue weighted by atomic mass is 16.5. The van der Waals surface area contributed by atoms with Crippen molar-refractivity contribution in [3.05, 3.63) is 66.0 Å². The fourth-order valence-electron chi connectivity index (χ4n) is 3.31. The van der Waals surface area contributed by atoms with Crippen LogP contribution in [0.1, 0.15) is 11.3 Å². The molecule has 2 aromatic heterocycles. The molecule has 7 heteroatoms. The van der Waals surface area contributed by atoms with Crippen molar-refractivity contribution in [2.24, 2.45) is 14.1 Å². The minimum Gasteiger partial charge on any atom is -0.496 e. The molecule has 0 amide bonds. The van der Waals surface area contributed by atoms with Gasteiger partial charge >= 0.3 is 5.97 Å². The molecule has 0 aliphatic heterocycles. The number of aromatic nitrogens is 4. The summed E-state index contributed by atoms with van der Waals surface area (Å²) >= 11 is 0. The lowest BCUT2D eigenvalue weighted by Crippen LogP contribution is -2.11. The topological polar surface area (TPSA) is 71.2 Å². The third kappa shape index (κ3) is 3.99.